The first-order valence-corrected chi connectivity index (χ1v) is 10.9. The zero-order valence-corrected chi connectivity index (χ0v) is 16.7. The molecule has 3 rings (SSSR count). The molecule has 1 aliphatic rings. The van der Waals surface area contributed by atoms with Crippen LogP contribution in [0.2, 0.25) is 5.02 Å². The summed E-state index contributed by atoms with van der Waals surface area (Å²) in [5.74, 6) is 0. The molecule has 1 saturated carbocycles. The fraction of sp³-hybridized carbons (Fsp3) is 0.333. The van der Waals surface area contributed by atoms with Crippen LogP contribution in [0.3, 0.4) is 0 Å². The first-order chi connectivity index (χ1) is 11.9. The molecule has 1 aliphatic carbocycles. The Bertz CT molecular complexity index is 810. The predicted octanol–water partition coefficient (Wildman–Crippen LogP) is 4.80. The van der Waals surface area contributed by atoms with Gasteiger partial charge in [-0.1, -0.05) is 40.4 Å². The van der Waals surface area contributed by atoms with Crippen molar-refractivity contribution in [3.63, 3.8) is 0 Å². The second kappa shape index (κ2) is 8.08. The van der Waals surface area contributed by atoms with Crippen LogP contribution in [0.5, 0.6) is 0 Å². The number of sulfonamides is 1. The van der Waals surface area contributed by atoms with Crippen LogP contribution in [0.25, 0.3) is 0 Å². The highest BCUT2D eigenvalue weighted by atomic mass is 79.9. The van der Waals surface area contributed by atoms with E-state index in [4.69, 9.17) is 11.6 Å². The van der Waals surface area contributed by atoms with E-state index in [1.807, 2.05) is 24.3 Å². The quantitative estimate of drug-likeness (QED) is 0.697. The lowest BCUT2D eigenvalue weighted by molar-refractivity contribution is 0.378. The van der Waals surface area contributed by atoms with Crippen molar-refractivity contribution in [2.24, 2.45) is 0 Å². The zero-order valence-electron chi connectivity index (χ0n) is 13.6. The van der Waals surface area contributed by atoms with Crippen molar-refractivity contribution in [3.8, 4) is 0 Å². The molecule has 2 aromatic rings. The molecule has 134 valence electrons. The predicted molar refractivity (Wildman–Crippen MR) is 106 cm³/mol. The van der Waals surface area contributed by atoms with Crippen molar-refractivity contribution < 1.29 is 8.42 Å². The Labute approximate surface area is 162 Å². The Hall–Kier alpha value is -1.08. The van der Waals surface area contributed by atoms with Gasteiger partial charge in [0.25, 0.3) is 0 Å². The van der Waals surface area contributed by atoms with Gasteiger partial charge in [0.1, 0.15) is 0 Å². The smallest absolute Gasteiger partial charge is 0.240 e. The van der Waals surface area contributed by atoms with Crippen molar-refractivity contribution in [2.75, 3.05) is 5.32 Å². The standard InChI is InChI=1S/C18H20BrClN2O2S/c19-13-5-9-15(10-6-13)21-17-3-1-2-4-18(17)22-25(23,24)16-11-7-14(20)8-12-16/h5-12,17-18,21-22H,1-4H2/t17-,18+/m1/s1. The first-order valence-electron chi connectivity index (χ1n) is 8.24. The van der Waals surface area contributed by atoms with Gasteiger partial charge in [-0.05, 0) is 61.4 Å². The molecule has 0 aliphatic heterocycles. The molecule has 2 atom stereocenters. The van der Waals surface area contributed by atoms with Gasteiger partial charge in [0.05, 0.1) is 4.90 Å². The van der Waals surface area contributed by atoms with E-state index in [2.05, 4.69) is 26.0 Å². The van der Waals surface area contributed by atoms with Gasteiger partial charge in [0.15, 0.2) is 0 Å². The van der Waals surface area contributed by atoms with Crippen LogP contribution in [-0.2, 0) is 10.0 Å². The Morgan fingerprint density at radius 3 is 2.16 bits per heavy atom. The molecule has 2 N–H and O–H groups in total. The van der Waals surface area contributed by atoms with Crippen LogP contribution in [-0.4, -0.2) is 20.5 Å². The summed E-state index contributed by atoms with van der Waals surface area (Å²) >= 11 is 9.27. The molecule has 4 nitrogen and oxygen atoms in total. The molecule has 1 fully saturated rings. The van der Waals surface area contributed by atoms with Gasteiger partial charge in [-0.25, -0.2) is 13.1 Å². The Kier molecular flexibility index (Phi) is 6.04. The second-order valence-corrected chi connectivity index (χ2v) is 9.29. The number of hydrogen-bond donors (Lipinski definition) is 2. The minimum absolute atomic E-state index is 0.0667. The van der Waals surface area contributed by atoms with Crippen molar-refractivity contribution in [1.29, 1.82) is 0 Å². The molecule has 0 radical (unpaired) electrons. The number of benzene rings is 2. The molecular formula is C18H20BrClN2O2S. The molecular weight excluding hydrogens is 424 g/mol. The maximum absolute atomic E-state index is 12.7. The fourth-order valence-corrected chi connectivity index (χ4v) is 4.79. The summed E-state index contributed by atoms with van der Waals surface area (Å²) in [5.41, 5.74) is 0.991. The van der Waals surface area contributed by atoms with Crippen molar-refractivity contribution in [2.45, 2.75) is 42.7 Å². The summed E-state index contributed by atoms with van der Waals surface area (Å²) in [6, 6.07) is 14.1. The van der Waals surface area contributed by atoms with Crippen LogP contribution in [0.1, 0.15) is 25.7 Å². The van der Waals surface area contributed by atoms with Crippen LogP contribution in [0.4, 0.5) is 5.69 Å². The first kappa shape index (κ1) is 18.7. The average Bonchev–Trinajstić information content (AvgIpc) is 2.59. The van der Waals surface area contributed by atoms with Gasteiger partial charge in [0, 0.05) is 27.3 Å². The van der Waals surface area contributed by atoms with Gasteiger partial charge >= 0.3 is 0 Å². The number of rotatable bonds is 5. The summed E-state index contributed by atoms with van der Waals surface area (Å²) in [6.07, 6.45) is 3.87. The van der Waals surface area contributed by atoms with Gasteiger partial charge < -0.3 is 5.32 Å². The molecule has 0 unspecified atom stereocenters. The van der Waals surface area contributed by atoms with Crippen LogP contribution in [0.15, 0.2) is 57.9 Å². The van der Waals surface area contributed by atoms with Gasteiger partial charge in [-0.15, -0.1) is 0 Å². The maximum Gasteiger partial charge on any atom is 0.240 e. The van der Waals surface area contributed by atoms with E-state index in [-0.39, 0.29) is 17.0 Å². The molecule has 25 heavy (non-hydrogen) atoms. The minimum atomic E-state index is -3.56. The van der Waals surface area contributed by atoms with Crippen molar-refractivity contribution in [1.82, 2.24) is 4.72 Å². The highest BCUT2D eigenvalue weighted by molar-refractivity contribution is 9.10. The molecule has 0 bridgehead atoms. The lowest BCUT2D eigenvalue weighted by Crippen LogP contribution is -2.48. The largest absolute Gasteiger partial charge is 0.381 e. The van der Waals surface area contributed by atoms with Crippen LogP contribution >= 0.6 is 27.5 Å². The normalized spacial score (nSPS) is 21.0. The number of halogens is 2. The molecule has 7 heteroatoms. The molecule has 0 saturated heterocycles. The average molecular weight is 444 g/mol. The highest BCUT2D eigenvalue weighted by Gasteiger charge is 2.29. The van der Waals surface area contributed by atoms with Crippen LogP contribution < -0.4 is 10.0 Å². The van der Waals surface area contributed by atoms with Crippen molar-refractivity contribution in [3.05, 3.63) is 58.0 Å². The second-order valence-electron chi connectivity index (χ2n) is 6.22. The maximum atomic E-state index is 12.7. The highest BCUT2D eigenvalue weighted by Crippen LogP contribution is 2.25. The third kappa shape index (κ3) is 4.97. The molecule has 0 amide bonds. The molecule has 2 aromatic carbocycles. The monoisotopic (exact) mass is 442 g/mol. The van der Waals surface area contributed by atoms with Gasteiger partial charge in [-0.3, -0.25) is 0 Å². The fourth-order valence-electron chi connectivity index (χ4n) is 3.09. The Morgan fingerprint density at radius 1 is 0.920 bits per heavy atom. The topological polar surface area (TPSA) is 58.2 Å². The minimum Gasteiger partial charge on any atom is -0.381 e. The van der Waals surface area contributed by atoms with Crippen LogP contribution in [0, 0.1) is 0 Å². The van der Waals surface area contributed by atoms with E-state index >= 15 is 0 Å². The summed E-state index contributed by atoms with van der Waals surface area (Å²) in [4.78, 5) is 0.241. The summed E-state index contributed by atoms with van der Waals surface area (Å²) in [5, 5.41) is 3.99. The number of hydrogen-bond acceptors (Lipinski definition) is 3. The van der Waals surface area contributed by atoms with Gasteiger partial charge in [0.2, 0.25) is 10.0 Å². The van der Waals surface area contributed by atoms with E-state index in [0.29, 0.717) is 5.02 Å². The molecule has 0 heterocycles. The van der Waals surface area contributed by atoms with E-state index in [9.17, 15) is 8.42 Å². The van der Waals surface area contributed by atoms with Gasteiger partial charge in [-0.2, -0.15) is 0 Å². The summed E-state index contributed by atoms with van der Waals surface area (Å²) in [6.45, 7) is 0. The molecule has 0 spiro atoms. The van der Waals surface area contributed by atoms with E-state index in [0.717, 1.165) is 35.8 Å². The SMILES string of the molecule is O=S(=O)(N[C@H]1CCCC[C@H]1Nc1ccc(Br)cc1)c1ccc(Cl)cc1. The van der Waals surface area contributed by atoms with E-state index in [1.165, 1.54) is 12.1 Å². The molecule has 0 aromatic heterocycles. The number of nitrogens with one attached hydrogen (secondary N) is 2. The Morgan fingerprint density at radius 2 is 1.52 bits per heavy atom. The third-order valence-corrected chi connectivity index (χ3v) is 6.68. The lowest BCUT2D eigenvalue weighted by atomic mass is 9.91. The van der Waals surface area contributed by atoms with E-state index < -0.39 is 10.0 Å². The van der Waals surface area contributed by atoms with E-state index in [1.54, 1.807) is 12.1 Å². The lowest BCUT2D eigenvalue weighted by Gasteiger charge is -2.33. The summed E-state index contributed by atoms with van der Waals surface area (Å²) < 4.78 is 29.2. The third-order valence-electron chi connectivity index (χ3n) is 4.39. The Balaban J connectivity index is 1.74. The summed E-state index contributed by atoms with van der Waals surface area (Å²) in [7, 11) is -3.56. The van der Waals surface area contributed by atoms with Crippen molar-refractivity contribution >= 4 is 43.2 Å². The zero-order chi connectivity index (χ0) is 17.9. The number of anilines is 1.